The average molecular weight is 459 g/mol. The van der Waals surface area contributed by atoms with Gasteiger partial charge in [-0.25, -0.2) is 4.99 Å². The highest BCUT2D eigenvalue weighted by Gasteiger charge is 2.26. The third kappa shape index (κ3) is 5.46. The van der Waals surface area contributed by atoms with Crippen molar-refractivity contribution in [3.63, 3.8) is 0 Å². The molecule has 0 radical (unpaired) electrons. The van der Waals surface area contributed by atoms with E-state index >= 15 is 0 Å². The molecule has 1 aliphatic rings. The van der Waals surface area contributed by atoms with Gasteiger partial charge in [0.1, 0.15) is 23.9 Å². The lowest BCUT2D eigenvalue weighted by Gasteiger charge is -2.16. The molecule has 0 unspecified atom stereocenters. The second-order valence-electron chi connectivity index (χ2n) is 8.87. The number of nitrogens with one attached hydrogen (secondary N) is 4. The number of pyridine rings is 1. The van der Waals surface area contributed by atoms with Crippen LogP contribution in [0.5, 0.6) is 11.5 Å². The van der Waals surface area contributed by atoms with Crippen molar-refractivity contribution in [2.75, 3.05) is 29.6 Å². The number of aliphatic imine (C=N–C) groups is 1. The van der Waals surface area contributed by atoms with Crippen LogP contribution in [0.4, 0.5) is 17.1 Å². The number of anilines is 3. The maximum Gasteiger partial charge on any atom is 0.289 e. The predicted octanol–water partition coefficient (Wildman–Crippen LogP) is 5.55. The van der Waals surface area contributed by atoms with Crippen molar-refractivity contribution < 1.29 is 9.47 Å². The van der Waals surface area contributed by atoms with Gasteiger partial charge in [0, 0.05) is 35.4 Å². The Morgan fingerprint density at radius 3 is 2.50 bits per heavy atom. The lowest BCUT2D eigenvalue weighted by Crippen LogP contribution is -2.17. The SMILES string of the molecule is CNc1ccc(NC2=NC(C)(C)CO2)cc1C(=N)Nc1ccc(Oc2ccc(C)nc2)c(C)c1. The zero-order chi connectivity index (χ0) is 24.3. The molecule has 0 saturated heterocycles. The van der Waals surface area contributed by atoms with E-state index in [1.807, 2.05) is 83.3 Å². The topological polar surface area (TPSA) is 104 Å². The zero-order valence-electron chi connectivity index (χ0n) is 20.1. The molecule has 0 amide bonds. The van der Waals surface area contributed by atoms with Gasteiger partial charge in [-0.15, -0.1) is 0 Å². The second-order valence-corrected chi connectivity index (χ2v) is 8.87. The van der Waals surface area contributed by atoms with Gasteiger partial charge < -0.3 is 25.4 Å². The van der Waals surface area contributed by atoms with Crippen LogP contribution in [0, 0.1) is 19.3 Å². The molecule has 1 aromatic heterocycles. The molecular weight excluding hydrogens is 428 g/mol. The molecule has 0 fully saturated rings. The fraction of sp³-hybridized carbons (Fsp3) is 0.269. The summed E-state index contributed by atoms with van der Waals surface area (Å²) < 4.78 is 11.6. The van der Waals surface area contributed by atoms with Gasteiger partial charge >= 0.3 is 0 Å². The van der Waals surface area contributed by atoms with Gasteiger partial charge in [-0.3, -0.25) is 10.4 Å². The summed E-state index contributed by atoms with van der Waals surface area (Å²) >= 11 is 0. The van der Waals surface area contributed by atoms with Crippen molar-refractivity contribution in [2.45, 2.75) is 33.2 Å². The minimum Gasteiger partial charge on any atom is -0.462 e. The maximum absolute atomic E-state index is 8.70. The van der Waals surface area contributed by atoms with Gasteiger partial charge in [-0.05, 0) is 81.8 Å². The van der Waals surface area contributed by atoms with Crippen LogP contribution in [0.15, 0.2) is 59.7 Å². The first kappa shape index (κ1) is 23.1. The Morgan fingerprint density at radius 2 is 1.85 bits per heavy atom. The quantitative estimate of drug-likeness (QED) is 0.285. The highest BCUT2D eigenvalue weighted by molar-refractivity contribution is 6.10. The van der Waals surface area contributed by atoms with Gasteiger partial charge in [0.2, 0.25) is 0 Å². The number of ether oxygens (including phenoxy) is 2. The fourth-order valence-corrected chi connectivity index (χ4v) is 3.51. The molecule has 2 aromatic carbocycles. The minimum atomic E-state index is -0.242. The summed E-state index contributed by atoms with van der Waals surface area (Å²) in [6, 6.07) is 15.8. The summed E-state index contributed by atoms with van der Waals surface area (Å²) in [5.41, 5.74) is 4.78. The van der Waals surface area contributed by atoms with Crippen molar-refractivity contribution in [3.05, 3.63) is 71.5 Å². The molecule has 2 heterocycles. The molecular formula is C26H30N6O2. The summed E-state index contributed by atoms with van der Waals surface area (Å²) in [6.45, 7) is 8.49. The molecule has 0 aliphatic carbocycles. The van der Waals surface area contributed by atoms with Crippen LogP contribution in [-0.2, 0) is 4.74 Å². The van der Waals surface area contributed by atoms with Crippen LogP contribution in [0.25, 0.3) is 0 Å². The molecule has 4 rings (SSSR count). The fourth-order valence-electron chi connectivity index (χ4n) is 3.51. The Morgan fingerprint density at radius 1 is 1.06 bits per heavy atom. The lowest BCUT2D eigenvalue weighted by atomic mass is 10.1. The molecule has 0 spiro atoms. The van der Waals surface area contributed by atoms with E-state index in [1.165, 1.54) is 0 Å². The lowest BCUT2D eigenvalue weighted by molar-refractivity contribution is 0.278. The van der Waals surface area contributed by atoms with Crippen molar-refractivity contribution in [3.8, 4) is 11.5 Å². The third-order valence-electron chi connectivity index (χ3n) is 5.33. The smallest absolute Gasteiger partial charge is 0.289 e. The number of hydrogen-bond donors (Lipinski definition) is 4. The maximum atomic E-state index is 8.70. The number of hydrogen-bond acceptors (Lipinski definition) is 7. The normalized spacial score (nSPS) is 14.1. The van der Waals surface area contributed by atoms with Crippen LogP contribution in [0.3, 0.4) is 0 Å². The van der Waals surface area contributed by atoms with Gasteiger partial charge in [0.15, 0.2) is 0 Å². The van der Waals surface area contributed by atoms with Gasteiger partial charge in [0.05, 0.1) is 11.7 Å². The van der Waals surface area contributed by atoms with Crippen molar-refractivity contribution in [1.82, 2.24) is 4.98 Å². The Balaban J connectivity index is 1.49. The molecule has 34 heavy (non-hydrogen) atoms. The van der Waals surface area contributed by atoms with Crippen LogP contribution in [-0.4, -0.2) is 36.0 Å². The van der Waals surface area contributed by atoms with Gasteiger partial charge in [-0.2, -0.15) is 0 Å². The standard InChI is InChI=1S/C26H30N6O2/c1-16-12-18(8-11-23(16)34-20-9-6-17(2)29-14-20)30-24(27)21-13-19(7-10-22(21)28-5)31-25-32-26(3,4)15-33-25/h6-14,28H,15H2,1-5H3,(H2,27,30)(H,31,32). The first-order chi connectivity index (χ1) is 16.2. The first-order valence-electron chi connectivity index (χ1n) is 11.1. The molecule has 8 heteroatoms. The summed E-state index contributed by atoms with van der Waals surface area (Å²) in [5, 5.41) is 18.2. The van der Waals surface area contributed by atoms with E-state index in [1.54, 1.807) is 6.20 Å². The van der Waals surface area contributed by atoms with E-state index in [0.29, 0.717) is 23.9 Å². The number of benzene rings is 2. The van der Waals surface area contributed by atoms with Crippen LogP contribution in [0.1, 0.15) is 30.7 Å². The summed E-state index contributed by atoms with van der Waals surface area (Å²) in [7, 11) is 1.84. The number of aryl methyl sites for hydroxylation is 2. The largest absolute Gasteiger partial charge is 0.462 e. The molecule has 176 valence electrons. The molecule has 3 aromatic rings. The van der Waals surface area contributed by atoms with Crippen LogP contribution >= 0.6 is 0 Å². The molecule has 0 bridgehead atoms. The van der Waals surface area contributed by atoms with Crippen molar-refractivity contribution in [2.24, 2.45) is 4.99 Å². The van der Waals surface area contributed by atoms with Crippen molar-refractivity contribution in [1.29, 1.82) is 5.41 Å². The second kappa shape index (κ2) is 9.43. The van der Waals surface area contributed by atoms with E-state index in [4.69, 9.17) is 14.9 Å². The van der Waals surface area contributed by atoms with E-state index in [-0.39, 0.29) is 11.4 Å². The summed E-state index contributed by atoms with van der Waals surface area (Å²) in [4.78, 5) is 8.80. The van der Waals surface area contributed by atoms with E-state index in [2.05, 4.69) is 25.9 Å². The first-order valence-corrected chi connectivity index (χ1v) is 11.1. The molecule has 8 nitrogen and oxygen atoms in total. The van der Waals surface area contributed by atoms with Crippen molar-refractivity contribution >= 4 is 28.9 Å². The highest BCUT2D eigenvalue weighted by Crippen LogP contribution is 2.28. The van der Waals surface area contributed by atoms with E-state index in [9.17, 15) is 0 Å². The number of rotatable bonds is 6. The van der Waals surface area contributed by atoms with Crippen LogP contribution < -0.4 is 20.7 Å². The molecule has 4 N–H and O–H groups in total. The Bertz CT molecular complexity index is 1230. The van der Waals surface area contributed by atoms with Crippen LogP contribution in [0.2, 0.25) is 0 Å². The van der Waals surface area contributed by atoms with Gasteiger partial charge in [-0.1, -0.05) is 0 Å². The number of aromatic nitrogens is 1. The summed E-state index contributed by atoms with van der Waals surface area (Å²) in [6.07, 6.45) is 1.71. The predicted molar refractivity (Wildman–Crippen MR) is 138 cm³/mol. The minimum absolute atomic E-state index is 0.242. The van der Waals surface area contributed by atoms with E-state index < -0.39 is 0 Å². The molecule has 1 aliphatic heterocycles. The Hall–Kier alpha value is -4.07. The molecule has 0 saturated carbocycles. The summed E-state index contributed by atoms with van der Waals surface area (Å²) in [5.74, 6) is 1.69. The Kier molecular flexibility index (Phi) is 6.40. The Labute approximate surface area is 200 Å². The highest BCUT2D eigenvalue weighted by atomic mass is 16.5. The third-order valence-corrected chi connectivity index (χ3v) is 5.33. The number of nitrogens with zero attached hydrogens (tertiary/aromatic N) is 2. The van der Waals surface area contributed by atoms with Gasteiger partial charge in [0.25, 0.3) is 6.02 Å². The monoisotopic (exact) mass is 458 g/mol. The average Bonchev–Trinajstić information content (AvgIpc) is 3.15. The number of amidine groups is 2. The zero-order valence-corrected chi connectivity index (χ0v) is 20.1. The van der Waals surface area contributed by atoms with E-state index in [0.717, 1.165) is 34.1 Å². The molecule has 0 atom stereocenters.